The molecule has 0 aromatic carbocycles. The quantitative estimate of drug-likeness (QED) is 0.651. The summed E-state index contributed by atoms with van der Waals surface area (Å²) in [4.78, 5) is 9.09. The highest BCUT2D eigenvalue weighted by Gasteiger charge is 2.14. The molecule has 0 unspecified atom stereocenters. The minimum Gasteiger partial charge on any atom is -0.501 e. The van der Waals surface area contributed by atoms with Crippen LogP contribution in [-0.2, 0) is 4.74 Å². The number of ether oxygens (including phenoxy) is 1. The van der Waals surface area contributed by atoms with E-state index in [2.05, 4.69) is 11.1 Å². The predicted octanol–water partition coefficient (Wildman–Crippen LogP) is 5.87. The SMILES string of the molecule is CCO/C=C/c1nccc(C2CCCCCCCCCCC2)n1. The zero-order valence-corrected chi connectivity index (χ0v) is 14.7. The van der Waals surface area contributed by atoms with Crippen molar-refractivity contribution in [3.05, 3.63) is 30.0 Å². The first-order chi connectivity index (χ1) is 11.4. The van der Waals surface area contributed by atoms with Gasteiger partial charge in [-0.1, -0.05) is 57.8 Å². The molecule has 23 heavy (non-hydrogen) atoms. The van der Waals surface area contributed by atoms with E-state index in [1.54, 1.807) is 6.26 Å². The third kappa shape index (κ3) is 7.15. The molecule has 0 saturated heterocycles. The van der Waals surface area contributed by atoms with Crippen molar-refractivity contribution >= 4 is 6.08 Å². The van der Waals surface area contributed by atoms with Gasteiger partial charge in [0.25, 0.3) is 0 Å². The lowest BCUT2D eigenvalue weighted by Gasteiger charge is -2.17. The van der Waals surface area contributed by atoms with Crippen molar-refractivity contribution < 1.29 is 4.74 Å². The van der Waals surface area contributed by atoms with Crippen LogP contribution in [0, 0.1) is 0 Å². The molecule has 2 rings (SSSR count). The molecule has 1 saturated carbocycles. The number of hydrogen-bond acceptors (Lipinski definition) is 3. The van der Waals surface area contributed by atoms with Crippen molar-refractivity contribution in [2.75, 3.05) is 6.61 Å². The Morgan fingerprint density at radius 1 is 1.00 bits per heavy atom. The smallest absolute Gasteiger partial charge is 0.155 e. The highest BCUT2D eigenvalue weighted by atomic mass is 16.5. The van der Waals surface area contributed by atoms with E-state index in [4.69, 9.17) is 9.72 Å². The molecule has 1 fully saturated rings. The summed E-state index contributed by atoms with van der Waals surface area (Å²) >= 11 is 0. The summed E-state index contributed by atoms with van der Waals surface area (Å²) in [6, 6.07) is 2.11. The van der Waals surface area contributed by atoms with E-state index >= 15 is 0 Å². The van der Waals surface area contributed by atoms with Gasteiger partial charge in [0, 0.05) is 23.9 Å². The van der Waals surface area contributed by atoms with Gasteiger partial charge in [0.2, 0.25) is 0 Å². The first-order valence-electron chi connectivity index (χ1n) is 9.51. The van der Waals surface area contributed by atoms with Crippen LogP contribution in [0.5, 0.6) is 0 Å². The number of aromatic nitrogens is 2. The Balaban J connectivity index is 1.98. The second kappa shape index (κ2) is 11.2. The molecule has 0 radical (unpaired) electrons. The number of nitrogens with zero attached hydrogens (tertiary/aromatic N) is 2. The molecule has 0 aliphatic heterocycles. The fourth-order valence-electron chi connectivity index (χ4n) is 3.36. The number of rotatable bonds is 4. The van der Waals surface area contributed by atoms with Gasteiger partial charge < -0.3 is 4.74 Å². The van der Waals surface area contributed by atoms with Crippen LogP contribution in [0.4, 0.5) is 0 Å². The molecular weight excluding hydrogens is 284 g/mol. The van der Waals surface area contributed by atoms with Gasteiger partial charge in [-0.3, -0.25) is 0 Å². The largest absolute Gasteiger partial charge is 0.501 e. The van der Waals surface area contributed by atoms with Gasteiger partial charge in [-0.15, -0.1) is 0 Å². The van der Waals surface area contributed by atoms with E-state index in [1.807, 2.05) is 19.2 Å². The van der Waals surface area contributed by atoms with Crippen molar-refractivity contribution in [2.24, 2.45) is 0 Å². The lowest BCUT2D eigenvalue weighted by atomic mass is 9.90. The zero-order valence-electron chi connectivity index (χ0n) is 14.7. The summed E-state index contributed by atoms with van der Waals surface area (Å²) in [6.45, 7) is 2.66. The summed E-state index contributed by atoms with van der Waals surface area (Å²) in [5.41, 5.74) is 1.22. The molecule has 1 aromatic heterocycles. The van der Waals surface area contributed by atoms with Crippen molar-refractivity contribution in [1.29, 1.82) is 0 Å². The minimum absolute atomic E-state index is 0.594. The monoisotopic (exact) mass is 316 g/mol. The summed E-state index contributed by atoms with van der Waals surface area (Å²) < 4.78 is 5.25. The molecule has 1 aliphatic carbocycles. The standard InChI is InChI=1S/C20H32N2O/c1-2-23-17-15-20-21-16-14-19(22-20)18-12-10-8-6-4-3-5-7-9-11-13-18/h14-18H,2-13H2,1H3/b17-15+. The Hall–Kier alpha value is -1.38. The predicted molar refractivity (Wildman–Crippen MR) is 96.2 cm³/mol. The highest BCUT2D eigenvalue weighted by molar-refractivity contribution is 5.38. The molecule has 0 N–H and O–H groups in total. The van der Waals surface area contributed by atoms with E-state index in [0.717, 1.165) is 5.82 Å². The van der Waals surface area contributed by atoms with Crippen LogP contribution < -0.4 is 0 Å². The van der Waals surface area contributed by atoms with Gasteiger partial charge in [-0.25, -0.2) is 9.97 Å². The number of hydrogen-bond donors (Lipinski definition) is 0. The van der Waals surface area contributed by atoms with Gasteiger partial charge in [0.1, 0.15) is 0 Å². The fraction of sp³-hybridized carbons (Fsp3) is 0.700. The van der Waals surface area contributed by atoms with Crippen LogP contribution in [0.2, 0.25) is 0 Å². The molecule has 0 spiro atoms. The first kappa shape index (κ1) is 18.0. The van der Waals surface area contributed by atoms with Crippen LogP contribution in [-0.4, -0.2) is 16.6 Å². The van der Waals surface area contributed by atoms with Gasteiger partial charge in [0.15, 0.2) is 5.82 Å². The van der Waals surface area contributed by atoms with Crippen molar-refractivity contribution in [3.8, 4) is 0 Å². The van der Waals surface area contributed by atoms with Crippen LogP contribution in [0.15, 0.2) is 18.5 Å². The molecule has 1 aliphatic rings. The molecule has 0 atom stereocenters. The topological polar surface area (TPSA) is 35.0 Å². The molecule has 3 nitrogen and oxygen atoms in total. The first-order valence-corrected chi connectivity index (χ1v) is 9.51. The van der Waals surface area contributed by atoms with Crippen molar-refractivity contribution in [3.63, 3.8) is 0 Å². The Bertz CT molecular complexity index is 447. The van der Waals surface area contributed by atoms with Gasteiger partial charge >= 0.3 is 0 Å². The van der Waals surface area contributed by atoms with E-state index in [-0.39, 0.29) is 0 Å². The van der Waals surface area contributed by atoms with Crippen LogP contribution in [0.1, 0.15) is 95.0 Å². The maximum Gasteiger partial charge on any atom is 0.155 e. The lowest BCUT2D eigenvalue weighted by molar-refractivity contribution is 0.272. The maximum absolute atomic E-state index is 5.25. The van der Waals surface area contributed by atoms with E-state index in [0.29, 0.717) is 12.5 Å². The van der Waals surface area contributed by atoms with Crippen molar-refractivity contribution in [1.82, 2.24) is 9.97 Å². The molecule has 0 amide bonds. The molecule has 0 bridgehead atoms. The summed E-state index contributed by atoms with van der Waals surface area (Å²) in [5.74, 6) is 1.36. The second-order valence-electron chi connectivity index (χ2n) is 6.55. The molecule has 3 heteroatoms. The van der Waals surface area contributed by atoms with Gasteiger partial charge in [0.05, 0.1) is 12.9 Å². The Labute approximate surface area is 141 Å². The lowest BCUT2D eigenvalue weighted by Crippen LogP contribution is -2.05. The molecule has 128 valence electrons. The van der Waals surface area contributed by atoms with Crippen LogP contribution >= 0.6 is 0 Å². The summed E-state index contributed by atoms with van der Waals surface area (Å²) in [5, 5.41) is 0. The minimum atomic E-state index is 0.594. The van der Waals surface area contributed by atoms with Crippen LogP contribution in [0.3, 0.4) is 0 Å². The van der Waals surface area contributed by atoms with Crippen molar-refractivity contribution in [2.45, 2.75) is 83.5 Å². The third-order valence-corrected chi connectivity index (χ3v) is 4.70. The summed E-state index contributed by atoms with van der Waals surface area (Å²) in [6.07, 6.45) is 20.5. The molecule has 1 heterocycles. The molecule has 1 aromatic rings. The maximum atomic E-state index is 5.25. The fourth-order valence-corrected chi connectivity index (χ4v) is 3.36. The Kier molecular flexibility index (Phi) is 8.75. The summed E-state index contributed by atoms with van der Waals surface area (Å²) in [7, 11) is 0. The van der Waals surface area contributed by atoms with Gasteiger partial charge in [-0.05, 0) is 25.8 Å². The van der Waals surface area contributed by atoms with E-state index in [1.165, 1.54) is 76.3 Å². The highest BCUT2D eigenvalue weighted by Crippen LogP contribution is 2.28. The Morgan fingerprint density at radius 2 is 1.61 bits per heavy atom. The average Bonchev–Trinajstić information content (AvgIpc) is 2.56. The van der Waals surface area contributed by atoms with E-state index in [9.17, 15) is 0 Å². The average molecular weight is 316 g/mol. The zero-order chi connectivity index (χ0) is 16.2. The van der Waals surface area contributed by atoms with Gasteiger partial charge in [-0.2, -0.15) is 0 Å². The molecular formula is C20H32N2O. The van der Waals surface area contributed by atoms with E-state index < -0.39 is 0 Å². The Morgan fingerprint density at radius 3 is 2.22 bits per heavy atom. The normalized spacial score (nSPS) is 19.2. The second-order valence-corrected chi connectivity index (χ2v) is 6.55. The third-order valence-electron chi connectivity index (χ3n) is 4.70. The van der Waals surface area contributed by atoms with Crippen LogP contribution in [0.25, 0.3) is 6.08 Å².